The Morgan fingerprint density at radius 2 is 2.21 bits per heavy atom. The average molecular weight is 207 g/mol. The minimum atomic E-state index is -0.237. The third-order valence-corrected chi connectivity index (χ3v) is 3.25. The third kappa shape index (κ3) is 1.79. The van der Waals surface area contributed by atoms with E-state index in [1.807, 2.05) is 25.1 Å². The standard InChI is InChI=1S/C11H13NOS/c1-2-8(13)7-11-9-5-3-4-6-10(9)12-14-11/h3-6,8,13H,2,7H2,1H3. The van der Waals surface area contributed by atoms with Gasteiger partial charge < -0.3 is 5.11 Å². The molecule has 0 saturated carbocycles. The minimum absolute atomic E-state index is 0.237. The SMILES string of the molecule is CCC(O)Cc1snc2ccccc12. The molecule has 1 heterocycles. The van der Waals surface area contributed by atoms with E-state index in [0.717, 1.165) is 18.4 Å². The Hall–Kier alpha value is -0.930. The fourth-order valence-electron chi connectivity index (χ4n) is 1.45. The van der Waals surface area contributed by atoms with Crippen LogP contribution < -0.4 is 0 Å². The summed E-state index contributed by atoms with van der Waals surface area (Å²) in [5.74, 6) is 0. The number of nitrogens with zero attached hydrogens (tertiary/aromatic N) is 1. The van der Waals surface area contributed by atoms with Crippen LogP contribution in [0.2, 0.25) is 0 Å². The zero-order valence-corrected chi connectivity index (χ0v) is 8.92. The number of aliphatic hydroxyl groups excluding tert-OH is 1. The first-order valence-corrected chi connectivity index (χ1v) is 5.60. The molecule has 0 radical (unpaired) electrons. The highest BCUT2D eigenvalue weighted by molar-refractivity contribution is 7.07. The van der Waals surface area contributed by atoms with E-state index in [-0.39, 0.29) is 6.10 Å². The molecule has 1 unspecified atom stereocenters. The first-order valence-electron chi connectivity index (χ1n) is 4.82. The Morgan fingerprint density at radius 3 is 3.00 bits per heavy atom. The molecular formula is C11H13NOS. The van der Waals surface area contributed by atoms with Gasteiger partial charge in [0.1, 0.15) is 0 Å². The van der Waals surface area contributed by atoms with E-state index >= 15 is 0 Å². The van der Waals surface area contributed by atoms with Crippen LogP contribution in [0.3, 0.4) is 0 Å². The summed E-state index contributed by atoms with van der Waals surface area (Å²) in [7, 11) is 0. The van der Waals surface area contributed by atoms with Gasteiger partial charge in [0.05, 0.1) is 11.6 Å². The second-order valence-electron chi connectivity index (χ2n) is 3.39. The van der Waals surface area contributed by atoms with Gasteiger partial charge in [0.2, 0.25) is 0 Å². The van der Waals surface area contributed by atoms with Crippen LogP contribution in [-0.4, -0.2) is 15.6 Å². The lowest BCUT2D eigenvalue weighted by molar-refractivity contribution is 0.172. The van der Waals surface area contributed by atoms with E-state index in [0.29, 0.717) is 0 Å². The van der Waals surface area contributed by atoms with Crippen molar-refractivity contribution in [3.05, 3.63) is 29.1 Å². The maximum Gasteiger partial charge on any atom is 0.0843 e. The van der Waals surface area contributed by atoms with E-state index in [2.05, 4.69) is 10.4 Å². The van der Waals surface area contributed by atoms with Crippen molar-refractivity contribution in [1.82, 2.24) is 4.37 Å². The van der Waals surface area contributed by atoms with Crippen molar-refractivity contribution in [3.8, 4) is 0 Å². The second-order valence-corrected chi connectivity index (χ2v) is 4.25. The van der Waals surface area contributed by atoms with Gasteiger partial charge in [0.25, 0.3) is 0 Å². The van der Waals surface area contributed by atoms with Crippen LogP contribution in [-0.2, 0) is 6.42 Å². The van der Waals surface area contributed by atoms with Gasteiger partial charge in [0.15, 0.2) is 0 Å². The zero-order chi connectivity index (χ0) is 9.97. The molecule has 74 valence electrons. The molecule has 2 nitrogen and oxygen atoms in total. The predicted octanol–water partition coefficient (Wildman–Crippen LogP) is 2.61. The quantitative estimate of drug-likeness (QED) is 0.839. The maximum atomic E-state index is 9.57. The molecule has 1 aromatic carbocycles. The maximum absolute atomic E-state index is 9.57. The summed E-state index contributed by atoms with van der Waals surface area (Å²) in [6.07, 6.45) is 1.28. The molecule has 0 amide bonds. The Kier molecular flexibility index (Phi) is 2.79. The van der Waals surface area contributed by atoms with E-state index in [9.17, 15) is 5.11 Å². The predicted molar refractivity (Wildman–Crippen MR) is 59.6 cm³/mol. The number of aromatic nitrogens is 1. The Morgan fingerprint density at radius 1 is 1.43 bits per heavy atom. The Labute approximate surface area is 87.4 Å². The average Bonchev–Trinajstić information content (AvgIpc) is 2.62. The fourth-order valence-corrected chi connectivity index (χ4v) is 2.35. The molecule has 1 atom stereocenters. The van der Waals surface area contributed by atoms with Crippen LogP contribution in [0, 0.1) is 0 Å². The van der Waals surface area contributed by atoms with Gasteiger partial charge in [0, 0.05) is 16.7 Å². The van der Waals surface area contributed by atoms with E-state index in [4.69, 9.17) is 0 Å². The summed E-state index contributed by atoms with van der Waals surface area (Å²) in [6, 6.07) is 8.07. The molecule has 0 aliphatic carbocycles. The molecular weight excluding hydrogens is 194 g/mol. The molecule has 2 rings (SSSR count). The lowest BCUT2D eigenvalue weighted by Gasteiger charge is -2.04. The van der Waals surface area contributed by atoms with Crippen molar-refractivity contribution in [3.63, 3.8) is 0 Å². The largest absolute Gasteiger partial charge is 0.393 e. The monoisotopic (exact) mass is 207 g/mol. The van der Waals surface area contributed by atoms with Crippen molar-refractivity contribution in [2.45, 2.75) is 25.9 Å². The highest BCUT2D eigenvalue weighted by Crippen LogP contribution is 2.23. The molecule has 3 heteroatoms. The number of aliphatic hydroxyl groups is 1. The highest BCUT2D eigenvalue weighted by Gasteiger charge is 2.09. The molecule has 2 aromatic rings. The number of fused-ring (bicyclic) bond motifs is 1. The molecule has 0 saturated heterocycles. The van der Waals surface area contributed by atoms with Crippen molar-refractivity contribution in [1.29, 1.82) is 0 Å². The van der Waals surface area contributed by atoms with Gasteiger partial charge >= 0.3 is 0 Å². The van der Waals surface area contributed by atoms with Crippen LogP contribution >= 0.6 is 11.5 Å². The van der Waals surface area contributed by atoms with Gasteiger partial charge in [-0.05, 0) is 24.0 Å². The molecule has 0 bridgehead atoms. The van der Waals surface area contributed by atoms with E-state index in [1.54, 1.807) is 0 Å². The minimum Gasteiger partial charge on any atom is -0.393 e. The number of hydrogen-bond donors (Lipinski definition) is 1. The lowest BCUT2D eigenvalue weighted by atomic mass is 10.1. The fraction of sp³-hybridized carbons (Fsp3) is 0.364. The second kappa shape index (κ2) is 4.07. The smallest absolute Gasteiger partial charge is 0.0843 e. The summed E-state index contributed by atoms with van der Waals surface area (Å²) in [5.41, 5.74) is 1.04. The van der Waals surface area contributed by atoms with Crippen molar-refractivity contribution in [2.75, 3.05) is 0 Å². The Balaban J connectivity index is 2.33. The van der Waals surface area contributed by atoms with Crippen LogP contribution in [0.25, 0.3) is 10.9 Å². The van der Waals surface area contributed by atoms with Gasteiger partial charge in [-0.15, -0.1) is 0 Å². The molecule has 0 spiro atoms. The van der Waals surface area contributed by atoms with Crippen LogP contribution in [0.5, 0.6) is 0 Å². The molecule has 0 aliphatic rings. The summed E-state index contributed by atoms with van der Waals surface area (Å²) < 4.78 is 4.34. The van der Waals surface area contributed by atoms with Gasteiger partial charge in [-0.25, -0.2) is 0 Å². The van der Waals surface area contributed by atoms with Crippen molar-refractivity contribution >= 4 is 22.4 Å². The third-order valence-electron chi connectivity index (χ3n) is 2.35. The number of hydrogen-bond acceptors (Lipinski definition) is 3. The van der Waals surface area contributed by atoms with Crippen molar-refractivity contribution < 1.29 is 5.11 Å². The summed E-state index contributed by atoms with van der Waals surface area (Å²) in [4.78, 5) is 1.19. The highest BCUT2D eigenvalue weighted by atomic mass is 32.1. The first-order chi connectivity index (χ1) is 6.81. The Bertz CT molecular complexity index is 424. The molecule has 0 aliphatic heterocycles. The van der Waals surface area contributed by atoms with E-state index in [1.165, 1.54) is 21.8 Å². The van der Waals surface area contributed by atoms with Gasteiger partial charge in [-0.1, -0.05) is 25.1 Å². The van der Waals surface area contributed by atoms with Crippen molar-refractivity contribution in [2.24, 2.45) is 0 Å². The lowest BCUT2D eigenvalue weighted by Crippen LogP contribution is -2.07. The van der Waals surface area contributed by atoms with Crippen LogP contribution in [0.15, 0.2) is 24.3 Å². The summed E-state index contributed by atoms with van der Waals surface area (Å²) in [6.45, 7) is 1.99. The molecule has 1 N–H and O–H groups in total. The van der Waals surface area contributed by atoms with Gasteiger partial charge in [-0.3, -0.25) is 0 Å². The summed E-state index contributed by atoms with van der Waals surface area (Å²) in [5, 5.41) is 10.8. The number of benzene rings is 1. The normalized spacial score (nSPS) is 13.3. The van der Waals surface area contributed by atoms with E-state index < -0.39 is 0 Å². The molecule has 1 aromatic heterocycles. The van der Waals surface area contributed by atoms with Crippen LogP contribution in [0.4, 0.5) is 0 Å². The summed E-state index contributed by atoms with van der Waals surface area (Å²) >= 11 is 1.50. The topological polar surface area (TPSA) is 33.1 Å². The molecule has 0 fully saturated rings. The van der Waals surface area contributed by atoms with Gasteiger partial charge in [-0.2, -0.15) is 4.37 Å². The first kappa shape index (κ1) is 9.62. The zero-order valence-electron chi connectivity index (χ0n) is 8.10. The molecule has 14 heavy (non-hydrogen) atoms. The van der Waals surface area contributed by atoms with Crippen LogP contribution in [0.1, 0.15) is 18.2 Å². The number of rotatable bonds is 3.